The molecule has 0 bridgehead atoms. The number of carbonyl (C=O) groups excluding carboxylic acids is 1. The minimum absolute atomic E-state index is 0.0237. The van der Waals surface area contributed by atoms with Crippen LogP contribution in [0.2, 0.25) is 0 Å². The van der Waals surface area contributed by atoms with Crippen LogP contribution in [0.4, 0.5) is 0 Å². The van der Waals surface area contributed by atoms with Gasteiger partial charge in [0.05, 0.1) is 19.6 Å². The van der Waals surface area contributed by atoms with Crippen molar-refractivity contribution >= 4 is 5.91 Å². The average molecular weight is 422 g/mol. The highest BCUT2D eigenvalue weighted by atomic mass is 16.6. The van der Waals surface area contributed by atoms with Crippen LogP contribution in [0.5, 0.6) is 17.4 Å². The highest BCUT2D eigenvalue weighted by molar-refractivity contribution is 5.78. The molecule has 8 heteroatoms. The van der Waals surface area contributed by atoms with E-state index in [4.69, 9.17) is 14.1 Å². The highest BCUT2D eigenvalue weighted by Crippen LogP contribution is 2.32. The summed E-state index contributed by atoms with van der Waals surface area (Å²) in [6, 6.07) is 11.4. The third-order valence-corrected chi connectivity index (χ3v) is 5.26. The Morgan fingerprint density at radius 3 is 2.71 bits per heavy atom. The van der Waals surface area contributed by atoms with E-state index in [0.29, 0.717) is 48.5 Å². The summed E-state index contributed by atoms with van der Waals surface area (Å²) in [7, 11) is 0. The van der Waals surface area contributed by atoms with Gasteiger partial charge in [0.25, 0.3) is 0 Å². The van der Waals surface area contributed by atoms with Crippen molar-refractivity contribution in [2.45, 2.75) is 45.6 Å². The number of hydrogen-bond acceptors (Lipinski definition) is 7. The van der Waals surface area contributed by atoms with Gasteiger partial charge in [0.2, 0.25) is 11.8 Å². The predicted octanol–water partition coefficient (Wildman–Crippen LogP) is 4.09. The molecule has 1 aliphatic heterocycles. The lowest BCUT2D eigenvalue weighted by Gasteiger charge is -2.24. The van der Waals surface area contributed by atoms with Crippen LogP contribution in [-0.4, -0.2) is 39.3 Å². The molecule has 8 nitrogen and oxygen atoms in total. The van der Waals surface area contributed by atoms with Gasteiger partial charge in [0, 0.05) is 18.3 Å². The minimum atomic E-state index is -0.0237. The largest absolute Gasteiger partial charge is 0.490 e. The fourth-order valence-electron chi connectivity index (χ4n) is 3.50. The van der Waals surface area contributed by atoms with Gasteiger partial charge in [-0.2, -0.15) is 0 Å². The zero-order valence-corrected chi connectivity index (χ0v) is 17.6. The monoisotopic (exact) mass is 422 g/mol. The van der Waals surface area contributed by atoms with Crippen LogP contribution < -0.4 is 9.47 Å². The first-order valence-corrected chi connectivity index (χ1v) is 10.6. The molecule has 0 saturated heterocycles. The second-order valence-electron chi connectivity index (χ2n) is 7.57. The molecule has 31 heavy (non-hydrogen) atoms. The number of pyridine rings is 1. The number of hydrogen-bond donors (Lipinski definition) is 0. The quantitative estimate of drug-likeness (QED) is 0.614. The van der Waals surface area contributed by atoms with E-state index < -0.39 is 0 Å². The van der Waals surface area contributed by atoms with Gasteiger partial charge < -0.3 is 14.4 Å². The summed E-state index contributed by atoms with van der Waals surface area (Å²) < 4.78 is 16.8. The molecule has 0 saturated carbocycles. The molecule has 0 radical (unpaired) electrons. The molecule has 1 aromatic carbocycles. The second kappa shape index (κ2) is 10.1. The molecule has 1 aliphatic rings. The van der Waals surface area contributed by atoms with Gasteiger partial charge in [0.15, 0.2) is 11.5 Å². The summed E-state index contributed by atoms with van der Waals surface area (Å²) >= 11 is 0. The van der Waals surface area contributed by atoms with Crippen LogP contribution in [0.3, 0.4) is 0 Å². The van der Waals surface area contributed by atoms with E-state index in [9.17, 15) is 4.79 Å². The summed E-state index contributed by atoms with van der Waals surface area (Å²) in [6.45, 7) is 3.45. The fraction of sp³-hybridized carbons (Fsp3) is 0.391. The van der Waals surface area contributed by atoms with E-state index >= 15 is 0 Å². The van der Waals surface area contributed by atoms with E-state index in [2.05, 4.69) is 15.3 Å². The zero-order valence-electron chi connectivity index (χ0n) is 17.6. The summed E-state index contributed by atoms with van der Waals surface area (Å²) in [4.78, 5) is 19.4. The van der Waals surface area contributed by atoms with E-state index in [1.165, 1.54) is 0 Å². The number of nitrogens with zero attached hydrogens (tertiary/aromatic N) is 4. The topological polar surface area (TPSA) is 90.6 Å². The lowest BCUT2D eigenvalue weighted by molar-refractivity contribution is -0.131. The number of carbonyl (C=O) groups is 1. The number of amides is 1. The van der Waals surface area contributed by atoms with Crippen LogP contribution in [0.15, 0.2) is 47.2 Å². The van der Waals surface area contributed by atoms with Crippen LogP contribution in [0, 0.1) is 6.92 Å². The maximum absolute atomic E-state index is 13.1. The fourth-order valence-corrected chi connectivity index (χ4v) is 3.50. The molecule has 1 amide bonds. The van der Waals surface area contributed by atoms with Crippen LogP contribution in [0.1, 0.15) is 42.6 Å². The third kappa shape index (κ3) is 5.39. The first-order chi connectivity index (χ1) is 15.2. The minimum Gasteiger partial charge on any atom is -0.490 e. The van der Waals surface area contributed by atoms with Crippen molar-refractivity contribution in [1.29, 1.82) is 0 Å². The normalized spacial score (nSPS) is 15.1. The molecular weight excluding hydrogens is 396 g/mol. The average Bonchev–Trinajstić information content (AvgIpc) is 3.18. The van der Waals surface area contributed by atoms with E-state index in [1.54, 1.807) is 13.1 Å². The Morgan fingerprint density at radius 2 is 1.87 bits per heavy atom. The van der Waals surface area contributed by atoms with E-state index in [0.717, 1.165) is 31.2 Å². The van der Waals surface area contributed by atoms with Gasteiger partial charge in [-0.1, -0.05) is 41.4 Å². The van der Waals surface area contributed by atoms with Crippen molar-refractivity contribution in [3.05, 3.63) is 59.5 Å². The van der Waals surface area contributed by atoms with Gasteiger partial charge in [-0.25, -0.2) is 9.61 Å². The molecule has 0 fully saturated rings. The van der Waals surface area contributed by atoms with Crippen molar-refractivity contribution < 1.29 is 18.9 Å². The Morgan fingerprint density at radius 1 is 1.03 bits per heavy atom. The van der Waals surface area contributed by atoms with Crippen LogP contribution >= 0.6 is 0 Å². The van der Waals surface area contributed by atoms with Crippen LogP contribution in [-0.2, 0) is 17.8 Å². The Bertz CT molecular complexity index is 1020. The maximum atomic E-state index is 13.1. The standard InChI is InChI=1S/C23H26N4O4/c1-17-19(26-31-25-17)15-22(28)27-13-6-2-3-7-14-29-20-10-4-5-11-21(20)30-23-18(16-27)9-8-12-24-23/h4-5,8-12H,2-3,6-7,13-16H2,1H3. The number of aryl methyl sites for hydroxylation is 1. The number of rotatable bonds is 2. The molecule has 162 valence electrons. The molecule has 4 rings (SSSR count). The summed E-state index contributed by atoms with van der Waals surface area (Å²) in [5.74, 6) is 1.75. The first kappa shape index (κ1) is 20.8. The predicted molar refractivity (Wildman–Crippen MR) is 113 cm³/mol. The van der Waals surface area contributed by atoms with Crippen molar-refractivity contribution in [1.82, 2.24) is 20.2 Å². The summed E-state index contributed by atoms with van der Waals surface area (Å²) in [5.41, 5.74) is 2.04. The summed E-state index contributed by atoms with van der Waals surface area (Å²) in [5, 5.41) is 7.64. The van der Waals surface area contributed by atoms with Gasteiger partial charge >= 0.3 is 0 Å². The Balaban J connectivity index is 1.60. The highest BCUT2D eigenvalue weighted by Gasteiger charge is 2.20. The van der Waals surface area contributed by atoms with Crippen molar-refractivity contribution in [2.24, 2.45) is 0 Å². The third-order valence-electron chi connectivity index (χ3n) is 5.26. The molecule has 0 spiro atoms. The first-order valence-electron chi connectivity index (χ1n) is 10.6. The molecular formula is C23H26N4O4. The Hall–Kier alpha value is -3.42. The van der Waals surface area contributed by atoms with Gasteiger partial charge in [0.1, 0.15) is 11.4 Å². The number of ether oxygens (including phenoxy) is 2. The van der Waals surface area contributed by atoms with Crippen LogP contribution in [0.25, 0.3) is 0 Å². The number of para-hydroxylation sites is 2. The van der Waals surface area contributed by atoms with Gasteiger partial charge in [-0.15, -0.1) is 0 Å². The van der Waals surface area contributed by atoms with Gasteiger partial charge in [-0.3, -0.25) is 4.79 Å². The lowest BCUT2D eigenvalue weighted by atomic mass is 10.1. The van der Waals surface area contributed by atoms with Gasteiger partial charge in [-0.05, 0) is 38.0 Å². The second-order valence-corrected chi connectivity index (χ2v) is 7.57. The molecule has 0 unspecified atom stereocenters. The zero-order chi connectivity index (χ0) is 21.5. The molecule has 0 aliphatic carbocycles. The smallest absolute Gasteiger partial charge is 0.229 e. The Kier molecular flexibility index (Phi) is 6.76. The summed E-state index contributed by atoms with van der Waals surface area (Å²) in [6.07, 6.45) is 5.76. The van der Waals surface area contributed by atoms with Crippen molar-refractivity contribution in [2.75, 3.05) is 13.2 Å². The number of fused-ring (bicyclic) bond motifs is 2. The number of benzene rings is 1. The molecule has 2 aromatic heterocycles. The van der Waals surface area contributed by atoms with Crippen molar-refractivity contribution in [3.8, 4) is 17.4 Å². The lowest BCUT2D eigenvalue weighted by Crippen LogP contribution is -2.33. The van der Waals surface area contributed by atoms with E-state index in [-0.39, 0.29) is 12.3 Å². The van der Waals surface area contributed by atoms with Crippen molar-refractivity contribution in [3.63, 3.8) is 0 Å². The SMILES string of the molecule is Cc1nonc1CC(=O)N1CCCCCCOc2ccccc2Oc2ncccc2C1. The number of aromatic nitrogens is 3. The molecule has 0 N–H and O–H groups in total. The Labute approximate surface area is 181 Å². The molecule has 3 heterocycles. The molecule has 3 aromatic rings. The maximum Gasteiger partial charge on any atom is 0.229 e. The van der Waals surface area contributed by atoms with E-state index in [1.807, 2.05) is 41.3 Å². The molecule has 0 atom stereocenters.